The predicted octanol–water partition coefficient (Wildman–Crippen LogP) is 4.53. The molecule has 0 saturated heterocycles. The minimum atomic E-state index is 1.06. The number of hydrogen-bond donors (Lipinski definition) is 0. The van der Waals surface area contributed by atoms with Crippen molar-refractivity contribution in [2.45, 2.75) is 32.2 Å². The molecule has 0 fully saturated rings. The van der Waals surface area contributed by atoms with E-state index in [1.165, 1.54) is 43.4 Å². The molecule has 1 heteroatoms. The standard InChI is InChI=1S/C19H25N/c1-20(17-19-14-7-3-8-15-19)16-10-4-9-13-18-11-5-2-6-12-18/h2-3,5-8,11-12,14-15H,4,9-10,13,16-17H2,1H3. The minimum Gasteiger partial charge on any atom is -0.302 e. The maximum absolute atomic E-state index is 2.41. The van der Waals surface area contributed by atoms with Gasteiger partial charge in [0, 0.05) is 6.54 Å². The van der Waals surface area contributed by atoms with Crippen molar-refractivity contribution in [2.75, 3.05) is 13.6 Å². The van der Waals surface area contributed by atoms with Crippen molar-refractivity contribution >= 4 is 0 Å². The van der Waals surface area contributed by atoms with Crippen LogP contribution >= 0.6 is 0 Å². The fraction of sp³-hybridized carbons (Fsp3) is 0.368. The smallest absolute Gasteiger partial charge is 0.0230 e. The monoisotopic (exact) mass is 267 g/mol. The van der Waals surface area contributed by atoms with Gasteiger partial charge in [0.25, 0.3) is 0 Å². The highest BCUT2D eigenvalue weighted by Crippen LogP contribution is 2.08. The normalized spacial score (nSPS) is 10.9. The Labute approximate surface area is 123 Å². The largest absolute Gasteiger partial charge is 0.302 e. The summed E-state index contributed by atoms with van der Waals surface area (Å²) in [7, 11) is 2.21. The molecule has 2 aromatic carbocycles. The van der Waals surface area contributed by atoms with Gasteiger partial charge in [0.1, 0.15) is 0 Å². The van der Waals surface area contributed by atoms with Gasteiger partial charge in [-0.05, 0) is 44.0 Å². The Bertz CT molecular complexity index is 464. The third-order valence-electron chi connectivity index (χ3n) is 3.64. The van der Waals surface area contributed by atoms with Gasteiger partial charge in [-0.1, -0.05) is 67.1 Å². The first kappa shape index (κ1) is 14.8. The van der Waals surface area contributed by atoms with Crippen molar-refractivity contribution in [3.05, 3.63) is 71.8 Å². The summed E-state index contributed by atoms with van der Waals surface area (Å²) in [5.41, 5.74) is 2.87. The van der Waals surface area contributed by atoms with Gasteiger partial charge in [-0.15, -0.1) is 0 Å². The molecule has 1 nitrogen and oxygen atoms in total. The van der Waals surface area contributed by atoms with E-state index in [0.717, 1.165) is 6.54 Å². The number of rotatable bonds is 8. The number of aryl methyl sites for hydroxylation is 1. The molecule has 0 unspecified atom stereocenters. The fourth-order valence-electron chi connectivity index (χ4n) is 2.51. The second-order valence-corrected chi connectivity index (χ2v) is 5.52. The van der Waals surface area contributed by atoms with Crippen LogP contribution in [0, 0.1) is 0 Å². The molecule has 0 bridgehead atoms. The fourth-order valence-corrected chi connectivity index (χ4v) is 2.51. The Balaban J connectivity index is 1.57. The summed E-state index contributed by atoms with van der Waals surface area (Å²) in [5, 5.41) is 0. The lowest BCUT2D eigenvalue weighted by molar-refractivity contribution is 0.317. The van der Waals surface area contributed by atoms with E-state index >= 15 is 0 Å². The molecular weight excluding hydrogens is 242 g/mol. The summed E-state index contributed by atoms with van der Waals surface area (Å²) >= 11 is 0. The van der Waals surface area contributed by atoms with Gasteiger partial charge >= 0.3 is 0 Å². The van der Waals surface area contributed by atoms with E-state index in [2.05, 4.69) is 72.6 Å². The molecule has 2 aromatic rings. The summed E-state index contributed by atoms with van der Waals surface area (Å²) in [5.74, 6) is 0. The number of nitrogens with zero attached hydrogens (tertiary/aromatic N) is 1. The highest BCUT2D eigenvalue weighted by atomic mass is 15.1. The lowest BCUT2D eigenvalue weighted by Gasteiger charge is -2.16. The van der Waals surface area contributed by atoms with Gasteiger partial charge in [0.2, 0.25) is 0 Å². The molecule has 0 aliphatic carbocycles. The number of benzene rings is 2. The molecule has 0 heterocycles. The topological polar surface area (TPSA) is 3.24 Å². The van der Waals surface area contributed by atoms with Crippen LogP contribution < -0.4 is 0 Å². The predicted molar refractivity (Wildman–Crippen MR) is 86.8 cm³/mol. The highest BCUT2D eigenvalue weighted by Gasteiger charge is 2.00. The summed E-state index contributed by atoms with van der Waals surface area (Å²) in [6.45, 7) is 2.24. The molecule has 106 valence electrons. The minimum absolute atomic E-state index is 1.06. The number of unbranched alkanes of at least 4 members (excludes halogenated alkanes) is 2. The molecule has 0 aliphatic heterocycles. The van der Waals surface area contributed by atoms with Crippen LogP contribution in [-0.4, -0.2) is 18.5 Å². The van der Waals surface area contributed by atoms with Crippen LogP contribution in [0.5, 0.6) is 0 Å². The Kier molecular flexibility index (Phi) is 6.33. The van der Waals surface area contributed by atoms with E-state index < -0.39 is 0 Å². The van der Waals surface area contributed by atoms with Crippen LogP contribution in [0.3, 0.4) is 0 Å². The van der Waals surface area contributed by atoms with Gasteiger partial charge in [-0.25, -0.2) is 0 Å². The molecule has 0 spiro atoms. The van der Waals surface area contributed by atoms with Crippen LogP contribution in [0.1, 0.15) is 30.4 Å². The van der Waals surface area contributed by atoms with Crippen molar-refractivity contribution in [1.82, 2.24) is 4.90 Å². The zero-order valence-electron chi connectivity index (χ0n) is 12.5. The Hall–Kier alpha value is -1.60. The third-order valence-corrected chi connectivity index (χ3v) is 3.64. The van der Waals surface area contributed by atoms with Gasteiger partial charge in [-0.3, -0.25) is 0 Å². The van der Waals surface area contributed by atoms with Crippen molar-refractivity contribution in [2.24, 2.45) is 0 Å². The summed E-state index contributed by atoms with van der Waals surface area (Å²) in [6.07, 6.45) is 5.11. The van der Waals surface area contributed by atoms with E-state index in [-0.39, 0.29) is 0 Å². The lowest BCUT2D eigenvalue weighted by atomic mass is 10.1. The molecular formula is C19H25N. The maximum Gasteiger partial charge on any atom is 0.0230 e. The first-order valence-corrected chi connectivity index (χ1v) is 7.61. The summed E-state index contributed by atoms with van der Waals surface area (Å²) in [4.78, 5) is 2.41. The zero-order chi connectivity index (χ0) is 14.0. The Morgan fingerprint density at radius 2 is 1.30 bits per heavy atom. The second kappa shape index (κ2) is 8.55. The molecule has 20 heavy (non-hydrogen) atoms. The molecule has 0 atom stereocenters. The zero-order valence-corrected chi connectivity index (χ0v) is 12.5. The van der Waals surface area contributed by atoms with E-state index in [1.54, 1.807) is 0 Å². The third kappa shape index (κ3) is 5.58. The molecule has 0 amide bonds. The molecule has 0 N–H and O–H groups in total. The van der Waals surface area contributed by atoms with Gasteiger partial charge in [-0.2, -0.15) is 0 Å². The summed E-state index contributed by atoms with van der Waals surface area (Å²) < 4.78 is 0. The van der Waals surface area contributed by atoms with E-state index in [9.17, 15) is 0 Å². The van der Waals surface area contributed by atoms with Crippen LogP contribution in [0.15, 0.2) is 60.7 Å². The first-order chi connectivity index (χ1) is 9.84. The van der Waals surface area contributed by atoms with Crippen LogP contribution in [0.25, 0.3) is 0 Å². The van der Waals surface area contributed by atoms with Crippen LogP contribution in [0.2, 0.25) is 0 Å². The first-order valence-electron chi connectivity index (χ1n) is 7.61. The van der Waals surface area contributed by atoms with Crippen molar-refractivity contribution in [1.29, 1.82) is 0 Å². The molecule has 2 rings (SSSR count). The number of hydrogen-bond acceptors (Lipinski definition) is 1. The highest BCUT2D eigenvalue weighted by molar-refractivity contribution is 5.15. The Morgan fingerprint density at radius 1 is 0.700 bits per heavy atom. The van der Waals surface area contributed by atoms with Gasteiger partial charge in [0.05, 0.1) is 0 Å². The van der Waals surface area contributed by atoms with Crippen LogP contribution in [-0.2, 0) is 13.0 Å². The van der Waals surface area contributed by atoms with Crippen molar-refractivity contribution in [3.8, 4) is 0 Å². The average Bonchev–Trinajstić information content (AvgIpc) is 2.49. The van der Waals surface area contributed by atoms with Gasteiger partial charge < -0.3 is 4.90 Å². The average molecular weight is 267 g/mol. The molecule has 0 radical (unpaired) electrons. The van der Waals surface area contributed by atoms with Crippen LogP contribution in [0.4, 0.5) is 0 Å². The van der Waals surface area contributed by atoms with E-state index in [0.29, 0.717) is 0 Å². The maximum atomic E-state index is 2.41. The molecule has 0 aromatic heterocycles. The van der Waals surface area contributed by atoms with Crippen molar-refractivity contribution < 1.29 is 0 Å². The molecule has 0 saturated carbocycles. The van der Waals surface area contributed by atoms with E-state index in [1.807, 2.05) is 0 Å². The van der Waals surface area contributed by atoms with E-state index in [4.69, 9.17) is 0 Å². The second-order valence-electron chi connectivity index (χ2n) is 5.52. The van der Waals surface area contributed by atoms with Crippen molar-refractivity contribution in [3.63, 3.8) is 0 Å². The SMILES string of the molecule is CN(CCCCCc1ccccc1)Cc1ccccc1. The summed E-state index contributed by atoms with van der Waals surface area (Å²) in [6, 6.07) is 21.5. The lowest BCUT2D eigenvalue weighted by Crippen LogP contribution is -2.19. The Morgan fingerprint density at radius 3 is 1.95 bits per heavy atom. The molecule has 0 aliphatic rings. The van der Waals surface area contributed by atoms with Gasteiger partial charge in [0.15, 0.2) is 0 Å². The quantitative estimate of drug-likeness (QED) is 0.635.